The van der Waals surface area contributed by atoms with Crippen molar-refractivity contribution >= 4 is 22.6 Å². The average molecular weight is 370 g/mol. The molecule has 2 rings (SSSR count). The summed E-state index contributed by atoms with van der Waals surface area (Å²) < 4.78 is 3.04. The zero-order valence-corrected chi connectivity index (χ0v) is 13.7. The maximum atomic E-state index is 4.48. The van der Waals surface area contributed by atoms with Gasteiger partial charge in [-0.25, -0.2) is 0 Å². The Morgan fingerprint density at radius 2 is 2.05 bits per heavy atom. The fourth-order valence-corrected chi connectivity index (χ4v) is 2.06. The van der Waals surface area contributed by atoms with Crippen molar-refractivity contribution in [2.24, 2.45) is 0 Å². The molecule has 19 heavy (non-hydrogen) atoms. The summed E-state index contributed by atoms with van der Waals surface area (Å²) in [6.45, 7) is 8.04. The van der Waals surface area contributed by atoms with E-state index in [1.165, 1.54) is 5.56 Å². The van der Waals surface area contributed by atoms with E-state index < -0.39 is 0 Å². The van der Waals surface area contributed by atoms with Crippen LogP contribution in [-0.2, 0) is 13.1 Å². The smallest absolute Gasteiger partial charge is 0.0831 e. The summed E-state index contributed by atoms with van der Waals surface area (Å²) in [7, 11) is 0. The average Bonchev–Trinajstić information content (AvgIpc) is 2.73. The highest BCUT2D eigenvalue weighted by molar-refractivity contribution is 14.1. The predicted octanol–water partition coefficient (Wildman–Crippen LogP) is 2.82. The first-order valence-electron chi connectivity index (χ1n) is 6.29. The molecular weight excluding hydrogens is 351 g/mol. The van der Waals surface area contributed by atoms with E-state index in [-0.39, 0.29) is 5.54 Å². The molecular formula is C14H19IN4. The van der Waals surface area contributed by atoms with E-state index in [1.807, 2.05) is 23.3 Å². The topological polar surface area (TPSA) is 42.7 Å². The first-order chi connectivity index (χ1) is 8.92. The highest BCUT2D eigenvalue weighted by atomic mass is 127. The van der Waals surface area contributed by atoms with Crippen LogP contribution in [0.3, 0.4) is 0 Å². The number of nitrogens with one attached hydrogen (secondary N) is 1. The van der Waals surface area contributed by atoms with Crippen LogP contribution in [0.15, 0.2) is 30.7 Å². The standard InChI is InChI=1S/C14H19IN4/c1-14(2,3)17-7-11-4-5-13(16-6-11)10-19-9-12(15)8-18-19/h4-6,8-9,17H,7,10H2,1-3H3. The quantitative estimate of drug-likeness (QED) is 0.842. The third-order valence-corrected chi connectivity index (χ3v) is 3.19. The van der Waals surface area contributed by atoms with Gasteiger partial charge in [-0.3, -0.25) is 9.67 Å². The molecule has 0 saturated heterocycles. The van der Waals surface area contributed by atoms with Gasteiger partial charge in [0.2, 0.25) is 0 Å². The molecule has 4 nitrogen and oxygen atoms in total. The van der Waals surface area contributed by atoms with Crippen molar-refractivity contribution in [3.8, 4) is 0 Å². The van der Waals surface area contributed by atoms with Crippen molar-refractivity contribution in [2.75, 3.05) is 0 Å². The number of nitrogens with zero attached hydrogens (tertiary/aromatic N) is 3. The summed E-state index contributed by atoms with van der Waals surface area (Å²) in [5.74, 6) is 0. The maximum Gasteiger partial charge on any atom is 0.0831 e. The summed E-state index contributed by atoms with van der Waals surface area (Å²) in [5.41, 5.74) is 2.36. The van der Waals surface area contributed by atoms with E-state index in [0.29, 0.717) is 0 Å². The second kappa shape index (κ2) is 6.00. The molecule has 2 aromatic heterocycles. The SMILES string of the molecule is CC(C)(C)NCc1ccc(Cn2cc(I)cn2)nc1. The Balaban J connectivity index is 1.95. The highest BCUT2D eigenvalue weighted by Crippen LogP contribution is 2.07. The summed E-state index contributed by atoms with van der Waals surface area (Å²) >= 11 is 2.25. The second-order valence-electron chi connectivity index (χ2n) is 5.62. The normalized spacial score (nSPS) is 11.8. The molecule has 0 radical (unpaired) electrons. The van der Waals surface area contributed by atoms with Crippen LogP contribution >= 0.6 is 22.6 Å². The van der Waals surface area contributed by atoms with Gasteiger partial charge in [0.25, 0.3) is 0 Å². The van der Waals surface area contributed by atoms with Gasteiger partial charge in [-0.1, -0.05) is 6.07 Å². The third kappa shape index (κ3) is 4.91. The van der Waals surface area contributed by atoms with Gasteiger partial charge in [0.05, 0.1) is 22.0 Å². The van der Waals surface area contributed by atoms with E-state index in [1.54, 1.807) is 0 Å². The Bertz CT molecular complexity index is 525. The van der Waals surface area contributed by atoms with Crippen LogP contribution in [0.25, 0.3) is 0 Å². The molecule has 0 spiro atoms. The lowest BCUT2D eigenvalue weighted by Crippen LogP contribution is -2.35. The molecule has 0 fully saturated rings. The minimum Gasteiger partial charge on any atom is -0.308 e. The fourth-order valence-electron chi connectivity index (χ4n) is 1.61. The molecule has 0 amide bonds. The van der Waals surface area contributed by atoms with Crippen molar-refractivity contribution in [1.29, 1.82) is 0 Å². The van der Waals surface area contributed by atoms with Gasteiger partial charge >= 0.3 is 0 Å². The van der Waals surface area contributed by atoms with E-state index in [4.69, 9.17) is 0 Å². The Labute approximate surface area is 127 Å². The lowest BCUT2D eigenvalue weighted by Gasteiger charge is -2.20. The van der Waals surface area contributed by atoms with Gasteiger partial charge < -0.3 is 5.32 Å². The number of hydrogen-bond donors (Lipinski definition) is 1. The van der Waals surface area contributed by atoms with Gasteiger partial charge in [-0.15, -0.1) is 0 Å². The number of hydrogen-bond acceptors (Lipinski definition) is 3. The Hall–Kier alpha value is -0.950. The van der Waals surface area contributed by atoms with Crippen molar-refractivity contribution < 1.29 is 0 Å². The third-order valence-electron chi connectivity index (χ3n) is 2.63. The molecule has 0 aliphatic heterocycles. The number of halogens is 1. The maximum absolute atomic E-state index is 4.48. The van der Waals surface area contributed by atoms with Crippen LogP contribution in [0.4, 0.5) is 0 Å². The monoisotopic (exact) mass is 370 g/mol. The molecule has 2 heterocycles. The molecule has 102 valence electrons. The Morgan fingerprint density at radius 3 is 2.58 bits per heavy atom. The van der Waals surface area contributed by atoms with E-state index in [2.05, 4.69) is 70.9 Å². The molecule has 0 bridgehead atoms. The van der Waals surface area contributed by atoms with Crippen molar-refractivity contribution in [2.45, 2.75) is 39.4 Å². The largest absolute Gasteiger partial charge is 0.308 e. The lowest BCUT2D eigenvalue weighted by molar-refractivity contribution is 0.424. The first-order valence-corrected chi connectivity index (χ1v) is 7.37. The van der Waals surface area contributed by atoms with E-state index in [0.717, 1.165) is 22.4 Å². The van der Waals surface area contributed by atoms with E-state index in [9.17, 15) is 0 Å². The first kappa shape index (κ1) is 14.5. The molecule has 0 aromatic carbocycles. The van der Waals surface area contributed by atoms with Gasteiger partial charge in [0.1, 0.15) is 0 Å². The molecule has 0 saturated carbocycles. The van der Waals surface area contributed by atoms with Crippen molar-refractivity contribution in [3.05, 3.63) is 45.6 Å². The Kier molecular flexibility index (Phi) is 4.57. The number of pyridine rings is 1. The van der Waals surface area contributed by atoms with Crippen LogP contribution in [0.2, 0.25) is 0 Å². The van der Waals surface area contributed by atoms with Crippen LogP contribution in [0.5, 0.6) is 0 Å². The van der Waals surface area contributed by atoms with Crippen molar-refractivity contribution in [1.82, 2.24) is 20.1 Å². The van der Waals surface area contributed by atoms with Crippen LogP contribution in [0, 0.1) is 3.57 Å². The van der Waals surface area contributed by atoms with Gasteiger partial charge in [0.15, 0.2) is 0 Å². The zero-order chi connectivity index (χ0) is 13.9. The van der Waals surface area contributed by atoms with Gasteiger partial charge in [-0.05, 0) is 55.0 Å². The van der Waals surface area contributed by atoms with Gasteiger partial charge in [-0.2, -0.15) is 5.10 Å². The lowest BCUT2D eigenvalue weighted by atomic mass is 10.1. The fraction of sp³-hybridized carbons (Fsp3) is 0.429. The molecule has 5 heteroatoms. The molecule has 0 aliphatic rings. The van der Waals surface area contributed by atoms with Crippen LogP contribution < -0.4 is 5.32 Å². The van der Waals surface area contributed by atoms with Crippen LogP contribution in [0.1, 0.15) is 32.0 Å². The number of aromatic nitrogens is 3. The van der Waals surface area contributed by atoms with Crippen LogP contribution in [-0.4, -0.2) is 20.3 Å². The zero-order valence-electron chi connectivity index (χ0n) is 11.5. The highest BCUT2D eigenvalue weighted by Gasteiger charge is 2.08. The summed E-state index contributed by atoms with van der Waals surface area (Å²) in [6.07, 6.45) is 5.79. The van der Waals surface area contributed by atoms with Crippen molar-refractivity contribution in [3.63, 3.8) is 0 Å². The number of rotatable bonds is 4. The summed E-state index contributed by atoms with van der Waals surface area (Å²) in [4.78, 5) is 4.48. The Morgan fingerprint density at radius 1 is 1.26 bits per heavy atom. The molecule has 0 atom stereocenters. The minimum absolute atomic E-state index is 0.129. The second-order valence-corrected chi connectivity index (χ2v) is 6.86. The predicted molar refractivity (Wildman–Crippen MR) is 84.9 cm³/mol. The molecule has 0 aliphatic carbocycles. The molecule has 2 aromatic rings. The molecule has 0 unspecified atom stereocenters. The minimum atomic E-state index is 0.129. The summed E-state index contributed by atoms with van der Waals surface area (Å²) in [6, 6.07) is 4.18. The summed E-state index contributed by atoms with van der Waals surface area (Å²) in [5, 5.41) is 7.71. The van der Waals surface area contributed by atoms with Gasteiger partial charge in [0, 0.05) is 24.5 Å². The molecule has 1 N–H and O–H groups in total. The van der Waals surface area contributed by atoms with E-state index >= 15 is 0 Å².